The number of nitrogens with zero attached hydrogens (tertiary/aromatic N) is 2. The molecule has 3 rings (SSSR count). The molecule has 0 spiro atoms. The lowest BCUT2D eigenvalue weighted by molar-refractivity contribution is 0.0599. The minimum absolute atomic E-state index is 0.0976. The summed E-state index contributed by atoms with van der Waals surface area (Å²) in [6, 6.07) is 7.72. The van der Waals surface area contributed by atoms with Crippen molar-refractivity contribution in [3.8, 4) is 0 Å². The molecule has 0 saturated carbocycles. The van der Waals surface area contributed by atoms with Crippen LogP contribution in [0.15, 0.2) is 24.3 Å². The Balaban J connectivity index is 1.73. The number of rotatable bonds is 3. The van der Waals surface area contributed by atoms with Crippen LogP contribution in [0.3, 0.4) is 0 Å². The Kier molecular flexibility index (Phi) is 5.23. The van der Waals surface area contributed by atoms with Crippen LogP contribution in [0, 0.1) is 13.8 Å². The number of carbonyl (C=O) groups is 2. The lowest BCUT2D eigenvalue weighted by Crippen LogP contribution is -2.49. The molecule has 0 radical (unpaired) electrons. The molecule has 1 N–H and O–H groups in total. The van der Waals surface area contributed by atoms with Gasteiger partial charge in [-0.05, 0) is 31.5 Å². The molecule has 7 heteroatoms. The summed E-state index contributed by atoms with van der Waals surface area (Å²) in [5, 5.41) is 0.714. The lowest BCUT2D eigenvalue weighted by atomic mass is 10.1. The first-order valence-electron chi connectivity index (χ1n) is 8.50. The number of hydrogen-bond acceptors (Lipinski definition) is 4. The summed E-state index contributed by atoms with van der Waals surface area (Å²) in [5.74, 6) is -0.529. The van der Waals surface area contributed by atoms with E-state index in [2.05, 4.69) is 9.88 Å². The molecule has 1 amide bonds. The summed E-state index contributed by atoms with van der Waals surface area (Å²) >= 11 is 6.27. The van der Waals surface area contributed by atoms with E-state index in [-0.39, 0.29) is 5.91 Å². The maximum Gasteiger partial charge on any atom is 0.339 e. The van der Waals surface area contributed by atoms with E-state index in [4.69, 9.17) is 16.3 Å². The van der Waals surface area contributed by atoms with Crippen molar-refractivity contribution >= 4 is 29.2 Å². The number of aromatic nitrogens is 1. The number of hydrogen-bond donors (Lipinski definition) is 1. The molecule has 2 heterocycles. The number of piperazine rings is 1. The van der Waals surface area contributed by atoms with Crippen LogP contribution in [-0.2, 0) is 4.74 Å². The van der Waals surface area contributed by atoms with Crippen molar-refractivity contribution in [2.75, 3.05) is 38.2 Å². The molecule has 26 heavy (non-hydrogen) atoms. The molecule has 2 aromatic rings. The number of H-pyrrole nitrogens is 1. The molecular formula is C19H22ClN3O3. The molecule has 1 aliphatic rings. The summed E-state index contributed by atoms with van der Waals surface area (Å²) in [6.07, 6.45) is 0. The molecular weight excluding hydrogens is 354 g/mol. The highest BCUT2D eigenvalue weighted by atomic mass is 35.5. The van der Waals surface area contributed by atoms with Gasteiger partial charge in [-0.1, -0.05) is 23.7 Å². The van der Waals surface area contributed by atoms with Crippen LogP contribution in [0.5, 0.6) is 0 Å². The molecule has 6 nitrogen and oxygen atoms in total. The van der Waals surface area contributed by atoms with Gasteiger partial charge in [-0.3, -0.25) is 4.79 Å². The number of aromatic amines is 1. The van der Waals surface area contributed by atoms with E-state index >= 15 is 0 Å². The van der Waals surface area contributed by atoms with Crippen LogP contribution in [0.1, 0.15) is 32.1 Å². The number of para-hydroxylation sites is 1. The third-order valence-corrected chi connectivity index (χ3v) is 5.12. The smallest absolute Gasteiger partial charge is 0.339 e. The summed E-state index contributed by atoms with van der Waals surface area (Å²) in [7, 11) is 1.34. The second-order valence-electron chi connectivity index (χ2n) is 6.35. The second-order valence-corrected chi connectivity index (χ2v) is 6.75. The van der Waals surface area contributed by atoms with Crippen molar-refractivity contribution < 1.29 is 14.3 Å². The fourth-order valence-electron chi connectivity index (χ4n) is 3.39. The summed E-state index contributed by atoms with van der Waals surface area (Å²) in [6.45, 7) is 6.13. The first kappa shape index (κ1) is 18.3. The van der Waals surface area contributed by atoms with Crippen molar-refractivity contribution in [2.45, 2.75) is 13.8 Å². The van der Waals surface area contributed by atoms with Gasteiger partial charge in [-0.25, -0.2) is 4.79 Å². The molecule has 0 bridgehead atoms. The van der Waals surface area contributed by atoms with E-state index in [0.29, 0.717) is 53.7 Å². The minimum atomic E-state index is -0.432. The molecule has 1 aliphatic heterocycles. The van der Waals surface area contributed by atoms with Crippen molar-refractivity contribution in [3.63, 3.8) is 0 Å². The van der Waals surface area contributed by atoms with Crippen LogP contribution >= 0.6 is 11.6 Å². The van der Waals surface area contributed by atoms with E-state index in [1.54, 1.807) is 18.7 Å². The minimum Gasteiger partial charge on any atom is -0.465 e. The fraction of sp³-hybridized carbons (Fsp3) is 0.368. The van der Waals surface area contributed by atoms with Crippen LogP contribution in [0.2, 0.25) is 5.02 Å². The highest BCUT2D eigenvalue weighted by molar-refractivity contribution is 6.33. The van der Waals surface area contributed by atoms with Crippen molar-refractivity contribution in [2.24, 2.45) is 0 Å². The van der Waals surface area contributed by atoms with E-state index in [9.17, 15) is 9.59 Å². The molecule has 1 aromatic heterocycles. The quantitative estimate of drug-likeness (QED) is 0.837. The van der Waals surface area contributed by atoms with Gasteiger partial charge in [0.05, 0.1) is 23.4 Å². The number of anilines is 1. The topological polar surface area (TPSA) is 65.6 Å². The molecule has 0 aliphatic carbocycles. The van der Waals surface area contributed by atoms with Crippen LogP contribution in [0.25, 0.3) is 0 Å². The number of amides is 1. The van der Waals surface area contributed by atoms with E-state index in [0.717, 1.165) is 5.69 Å². The van der Waals surface area contributed by atoms with Crippen LogP contribution in [-0.4, -0.2) is 55.0 Å². The number of benzene rings is 1. The van der Waals surface area contributed by atoms with E-state index < -0.39 is 5.97 Å². The van der Waals surface area contributed by atoms with E-state index in [1.807, 2.05) is 24.3 Å². The normalized spacial score (nSPS) is 14.5. The molecule has 1 saturated heterocycles. The SMILES string of the molecule is COC(=O)c1c(C)[nH]c(C(=O)N2CCN(c3ccccc3Cl)CC2)c1C. The number of nitrogens with one attached hydrogen (secondary N) is 1. The van der Waals surface area contributed by atoms with Gasteiger partial charge in [0.15, 0.2) is 0 Å². The average Bonchev–Trinajstić information content (AvgIpc) is 2.95. The van der Waals surface area contributed by atoms with E-state index in [1.165, 1.54) is 7.11 Å². The van der Waals surface area contributed by atoms with Gasteiger partial charge in [0.25, 0.3) is 5.91 Å². The lowest BCUT2D eigenvalue weighted by Gasteiger charge is -2.36. The molecule has 0 atom stereocenters. The molecule has 138 valence electrons. The summed E-state index contributed by atoms with van der Waals surface area (Å²) < 4.78 is 4.81. The molecule has 0 unspecified atom stereocenters. The number of carbonyl (C=O) groups excluding carboxylic acids is 2. The Morgan fingerprint density at radius 2 is 1.77 bits per heavy atom. The first-order chi connectivity index (χ1) is 12.4. The van der Waals surface area contributed by atoms with Crippen LogP contribution < -0.4 is 4.90 Å². The molecule has 1 aromatic carbocycles. The van der Waals surface area contributed by atoms with Gasteiger partial charge in [0, 0.05) is 31.9 Å². The number of halogens is 1. The van der Waals surface area contributed by atoms with Gasteiger partial charge < -0.3 is 19.5 Å². The largest absolute Gasteiger partial charge is 0.465 e. The monoisotopic (exact) mass is 375 g/mol. The molecule has 1 fully saturated rings. The highest BCUT2D eigenvalue weighted by Crippen LogP contribution is 2.27. The number of esters is 1. The first-order valence-corrected chi connectivity index (χ1v) is 8.88. The Hall–Kier alpha value is -2.47. The maximum atomic E-state index is 12.9. The number of ether oxygens (including phenoxy) is 1. The van der Waals surface area contributed by atoms with Gasteiger partial charge in [0.1, 0.15) is 5.69 Å². The fourth-order valence-corrected chi connectivity index (χ4v) is 3.64. The van der Waals surface area contributed by atoms with Crippen molar-refractivity contribution in [1.82, 2.24) is 9.88 Å². The number of aryl methyl sites for hydroxylation is 1. The Labute approximate surface area is 157 Å². The van der Waals surface area contributed by atoms with Gasteiger partial charge in [-0.15, -0.1) is 0 Å². The predicted octanol–water partition coefficient (Wildman–Crippen LogP) is 3.03. The van der Waals surface area contributed by atoms with Crippen LogP contribution in [0.4, 0.5) is 5.69 Å². The number of methoxy groups -OCH3 is 1. The second kappa shape index (κ2) is 7.41. The summed E-state index contributed by atoms with van der Waals surface area (Å²) in [5.41, 5.74) is 3.15. The average molecular weight is 376 g/mol. The summed E-state index contributed by atoms with van der Waals surface area (Å²) in [4.78, 5) is 31.8. The van der Waals surface area contributed by atoms with Crippen molar-refractivity contribution in [3.05, 3.63) is 51.8 Å². The highest BCUT2D eigenvalue weighted by Gasteiger charge is 2.28. The zero-order valence-corrected chi connectivity index (χ0v) is 15.9. The zero-order valence-electron chi connectivity index (χ0n) is 15.1. The Bertz CT molecular complexity index is 839. The third kappa shape index (κ3) is 3.29. The standard InChI is InChI=1S/C19H22ClN3O3/c1-12-16(19(25)26-3)13(2)21-17(12)18(24)23-10-8-22(9-11-23)15-7-5-4-6-14(15)20/h4-7,21H,8-11H2,1-3H3. The Morgan fingerprint density at radius 3 is 2.38 bits per heavy atom. The predicted molar refractivity (Wildman–Crippen MR) is 101 cm³/mol. The van der Waals surface area contributed by atoms with Crippen molar-refractivity contribution in [1.29, 1.82) is 0 Å². The maximum absolute atomic E-state index is 12.9. The Morgan fingerprint density at radius 1 is 1.12 bits per heavy atom. The van der Waals surface area contributed by atoms with Gasteiger partial charge >= 0.3 is 5.97 Å². The zero-order chi connectivity index (χ0) is 18.8. The van der Waals surface area contributed by atoms with Gasteiger partial charge in [0.2, 0.25) is 0 Å². The van der Waals surface area contributed by atoms with Gasteiger partial charge in [-0.2, -0.15) is 0 Å². The third-order valence-electron chi connectivity index (χ3n) is 4.80.